The standard InChI is InChI=1S/C19H33N/c1-15(2)16(3,4)18(7,8)20(10)14-12-11-13-19(14,9)17(15,5)6/h11-13H,1-10H3. The van der Waals surface area contributed by atoms with Gasteiger partial charge in [0, 0.05) is 23.7 Å². The molecule has 2 aliphatic rings. The maximum atomic E-state index is 2.53. The van der Waals surface area contributed by atoms with Crippen molar-refractivity contribution in [2.24, 2.45) is 21.7 Å². The summed E-state index contributed by atoms with van der Waals surface area (Å²) in [5.74, 6) is 0. The normalized spacial score (nSPS) is 36.3. The fourth-order valence-electron chi connectivity index (χ4n) is 4.49. The maximum absolute atomic E-state index is 2.53. The molecule has 114 valence electrons. The van der Waals surface area contributed by atoms with Crippen LogP contribution in [-0.2, 0) is 0 Å². The molecule has 1 nitrogen and oxygen atoms in total. The highest BCUT2D eigenvalue weighted by Crippen LogP contribution is 2.69. The fourth-order valence-corrected chi connectivity index (χ4v) is 4.49. The quantitative estimate of drug-likeness (QED) is 0.583. The van der Waals surface area contributed by atoms with Crippen LogP contribution in [0, 0.1) is 21.7 Å². The predicted molar refractivity (Wildman–Crippen MR) is 88.5 cm³/mol. The number of fused-ring (bicyclic) bond motifs is 1. The highest BCUT2D eigenvalue weighted by molar-refractivity contribution is 5.39. The summed E-state index contributed by atoms with van der Waals surface area (Å²) in [7, 11) is 2.27. The van der Waals surface area contributed by atoms with Crippen molar-refractivity contribution >= 4 is 0 Å². The van der Waals surface area contributed by atoms with Crippen LogP contribution in [0.2, 0.25) is 0 Å². The van der Waals surface area contributed by atoms with E-state index >= 15 is 0 Å². The molecule has 0 saturated carbocycles. The number of hydrogen-bond acceptors (Lipinski definition) is 1. The molecule has 0 aromatic carbocycles. The number of allylic oxidation sites excluding steroid dienone is 3. The first-order valence-corrected chi connectivity index (χ1v) is 7.89. The van der Waals surface area contributed by atoms with Crippen LogP contribution in [0.4, 0.5) is 0 Å². The lowest BCUT2D eigenvalue weighted by molar-refractivity contribution is -0.0956. The third-order valence-corrected chi connectivity index (χ3v) is 8.37. The molecule has 1 fully saturated rings. The molecule has 1 atom stereocenters. The van der Waals surface area contributed by atoms with E-state index in [4.69, 9.17) is 0 Å². The molecule has 2 rings (SSSR count). The molecule has 1 heterocycles. The van der Waals surface area contributed by atoms with Crippen LogP contribution in [0.5, 0.6) is 0 Å². The Morgan fingerprint density at radius 2 is 1.25 bits per heavy atom. The van der Waals surface area contributed by atoms with E-state index in [1.54, 1.807) is 0 Å². The predicted octanol–water partition coefficient (Wildman–Crippen LogP) is 5.25. The lowest BCUT2D eigenvalue weighted by Crippen LogP contribution is -2.58. The summed E-state index contributed by atoms with van der Waals surface area (Å²) in [5, 5.41) is 0. The minimum atomic E-state index is 0.0935. The molecule has 0 aromatic rings. The molecule has 20 heavy (non-hydrogen) atoms. The average Bonchev–Trinajstić information content (AvgIpc) is 2.69. The van der Waals surface area contributed by atoms with E-state index in [1.165, 1.54) is 5.70 Å². The molecular formula is C19H33N. The highest BCUT2D eigenvalue weighted by Gasteiger charge is 2.65. The Hall–Kier alpha value is -0.720. The van der Waals surface area contributed by atoms with Gasteiger partial charge in [0.05, 0.1) is 0 Å². The van der Waals surface area contributed by atoms with E-state index in [0.717, 1.165) is 0 Å². The summed E-state index contributed by atoms with van der Waals surface area (Å²) in [6.45, 7) is 21.9. The van der Waals surface area contributed by atoms with Gasteiger partial charge in [-0.05, 0) is 36.2 Å². The van der Waals surface area contributed by atoms with Gasteiger partial charge in [-0.25, -0.2) is 0 Å². The van der Waals surface area contributed by atoms with Crippen LogP contribution < -0.4 is 0 Å². The maximum Gasteiger partial charge on any atom is 0.0396 e. The second-order valence-corrected chi connectivity index (χ2v) is 9.11. The number of likely N-dealkylation sites (tertiary alicyclic amines) is 1. The summed E-state index contributed by atoms with van der Waals surface area (Å²) < 4.78 is 0. The van der Waals surface area contributed by atoms with Crippen LogP contribution in [0.25, 0.3) is 0 Å². The number of nitrogens with zero attached hydrogens (tertiary/aromatic N) is 1. The summed E-state index contributed by atoms with van der Waals surface area (Å²) in [6, 6.07) is 0. The fraction of sp³-hybridized carbons (Fsp3) is 0.789. The van der Waals surface area contributed by atoms with Gasteiger partial charge in [-0.2, -0.15) is 0 Å². The van der Waals surface area contributed by atoms with Crippen LogP contribution >= 0.6 is 0 Å². The zero-order valence-electron chi connectivity index (χ0n) is 15.2. The zero-order chi connectivity index (χ0) is 15.8. The molecule has 0 amide bonds. The van der Waals surface area contributed by atoms with Gasteiger partial charge in [-0.1, -0.05) is 60.6 Å². The molecule has 1 saturated heterocycles. The van der Waals surface area contributed by atoms with Gasteiger partial charge >= 0.3 is 0 Å². The van der Waals surface area contributed by atoms with Crippen molar-refractivity contribution in [1.82, 2.24) is 4.90 Å². The van der Waals surface area contributed by atoms with Crippen molar-refractivity contribution in [2.45, 2.75) is 67.9 Å². The van der Waals surface area contributed by atoms with Crippen LogP contribution in [-0.4, -0.2) is 17.5 Å². The van der Waals surface area contributed by atoms with E-state index in [2.05, 4.69) is 92.5 Å². The SMILES string of the molecule is CN1C2=CC=CC2(C)C(C)(C)C(C)(C)C(C)(C)C1(C)C. The summed E-state index contributed by atoms with van der Waals surface area (Å²) in [4.78, 5) is 2.53. The van der Waals surface area contributed by atoms with Gasteiger partial charge in [0.1, 0.15) is 0 Å². The van der Waals surface area contributed by atoms with Gasteiger partial charge < -0.3 is 4.90 Å². The Morgan fingerprint density at radius 1 is 0.750 bits per heavy atom. The average molecular weight is 275 g/mol. The van der Waals surface area contributed by atoms with Crippen molar-refractivity contribution in [3.63, 3.8) is 0 Å². The Morgan fingerprint density at radius 3 is 1.75 bits per heavy atom. The first-order chi connectivity index (χ1) is 8.75. The van der Waals surface area contributed by atoms with Gasteiger partial charge in [0.15, 0.2) is 0 Å². The molecular weight excluding hydrogens is 242 g/mol. The molecule has 1 aliphatic heterocycles. The van der Waals surface area contributed by atoms with Crippen LogP contribution in [0.1, 0.15) is 62.3 Å². The first kappa shape index (κ1) is 15.7. The lowest BCUT2D eigenvalue weighted by Gasteiger charge is -2.59. The van der Waals surface area contributed by atoms with Crippen molar-refractivity contribution < 1.29 is 0 Å². The Kier molecular flexibility index (Phi) is 2.92. The lowest BCUT2D eigenvalue weighted by atomic mass is 9.45. The zero-order valence-corrected chi connectivity index (χ0v) is 15.2. The molecule has 0 aromatic heterocycles. The molecule has 1 heteroatoms. The smallest absolute Gasteiger partial charge is 0.0396 e. The summed E-state index contributed by atoms with van der Waals surface area (Å²) >= 11 is 0. The summed E-state index contributed by atoms with van der Waals surface area (Å²) in [5.41, 5.74) is 2.20. The monoisotopic (exact) mass is 275 g/mol. The van der Waals surface area contributed by atoms with E-state index in [1.807, 2.05) is 0 Å². The third-order valence-electron chi connectivity index (χ3n) is 8.37. The summed E-state index contributed by atoms with van der Waals surface area (Å²) in [6.07, 6.45) is 6.98. The van der Waals surface area contributed by atoms with Crippen LogP contribution in [0.3, 0.4) is 0 Å². The van der Waals surface area contributed by atoms with Crippen molar-refractivity contribution in [1.29, 1.82) is 0 Å². The Bertz CT molecular complexity index is 488. The third kappa shape index (κ3) is 1.35. The highest BCUT2D eigenvalue weighted by atomic mass is 15.2. The molecule has 1 unspecified atom stereocenters. The molecule has 0 bridgehead atoms. The van der Waals surface area contributed by atoms with Crippen molar-refractivity contribution in [3.05, 3.63) is 23.9 Å². The molecule has 0 spiro atoms. The van der Waals surface area contributed by atoms with Crippen molar-refractivity contribution in [2.75, 3.05) is 7.05 Å². The Labute approximate surface area is 126 Å². The molecule has 0 N–H and O–H groups in total. The van der Waals surface area contributed by atoms with E-state index in [0.29, 0.717) is 0 Å². The van der Waals surface area contributed by atoms with E-state index in [-0.39, 0.29) is 27.2 Å². The molecule has 1 aliphatic carbocycles. The van der Waals surface area contributed by atoms with Gasteiger partial charge in [0.2, 0.25) is 0 Å². The molecule has 0 radical (unpaired) electrons. The van der Waals surface area contributed by atoms with Gasteiger partial charge in [0.25, 0.3) is 0 Å². The largest absolute Gasteiger partial charge is 0.371 e. The Balaban J connectivity index is 2.83. The number of hydrogen-bond donors (Lipinski definition) is 0. The van der Waals surface area contributed by atoms with Crippen molar-refractivity contribution in [3.8, 4) is 0 Å². The van der Waals surface area contributed by atoms with E-state index < -0.39 is 0 Å². The minimum absolute atomic E-state index is 0.0935. The van der Waals surface area contributed by atoms with Gasteiger partial charge in [-0.3, -0.25) is 0 Å². The second-order valence-electron chi connectivity index (χ2n) is 9.11. The van der Waals surface area contributed by atoms with Gasteiger partial charge in [-0.15, -0.1) is 0 Å². The first-order valence-electron chi connectivity index (χ1n) is 7.89. The minimum Gasteiger partial charge on any atom is -0.371 e. The van der Waals surface area contributed by atoms with Crippen LogP contribution in [0.15, 0.2) is 23.9 Å². The van der Waals surface area contributed by atoms with E-state index in [9.17, 15) is 0 Å². The number of rotatable bonds is 0. The topological polar surface area (TPSA) is 3.24 Å². The second kappa shape index (κ2) is 3.72.